The van der Waals surface area contributed by atoms with Crippen LogP contribution in [-0.4, -0.2) is 13.4 Å². The lowest BCUT2D eigenvalue weighted by atomic mass is 10.2. The molecule has 0 fully saturated rings. The summed E-state index contributed by atoms with van der Waals surface area (Å²) in [7, 11) is 1.58. The monoisotopic (exact) mass is 270 g/mol. The number of methoxy groups -OCH3 is 1. The molecular weight excluding hydrogens is 264 g/mol. The van der Waals surface area contributed by atoms with E-state index >= 15 is 0 Å². The van der Waals surface area contributed by atoms with Gasteiger partial charge in [-0.15, -0.1) is 11.3 Å². The van der Waals surface area contributed by atoms with Crippen LogP contribution in [0.5, 0.6) is 5.75 Å². The highest BCUT2D eigenvalue weighted by Crippen LogP contribution is 2.37. The van der Waals surface area contributed by atoms with Gasteiger partial charge in [-0.2, -0.15) is 0 Å². The van der Waals surface area contributed by atoms with Crippen LogP contribution in [0.3, 0.4) is 0 Å². The van der Waals surface area contributed by atoms with Crippen LogP contribution in [0.25, 0.3) is 10.1 Å². The van der Waals surface area contributed by atoms with Crippen molar-refractivity contribution in [1.29, 1.82) is 0 Å². The fraction of sp³-hybridized carbons (Fsp3) is 0.100. The van der Waals surface area contributed by atoms with Crippen LogP contribution in [0, 0.1) is 0 Å². The minimum atomic E-state index is 0.639. The number of rotatable bonds is 2. The summed E-state index contributed by atoms with van der Waals surface area (Å²) in [5.74, 6) is 0.668. The Bertz CT molecular complexity index is 490. The molecule has 0 N–H and O–H groups in total. The number of carbonyl (C=O) groups is 1. The maximum Gasteiger partial charge on any atom is 0.163 e. The van der Waals surface area contributed by atoms with E-state index < -0.39 is 0 Å². The number of ether oxygens (including phenoxy) is 1. The van der Waals surface area contributed by atoms with Gasteiger partial charge in [0.05, 0.1) is 7.11 Å². The first-order valence-electron chi connectivity index (χ1n) is 3.97. The second-order valence-corrected chi connectivity index (χ2v) is 4.76. The zero-order valence-electron chi connectivity index (χ0n) is 7.41. The van der Waals surface area contributed by atoms with E-state index in [1.165, 1.54) is 11.3 Å². The number of benzene rings is 1. The van der Waals surface area contributed by atoms with Crippen molar-refractivity contribution in [1.82, 2.24) is 0 Å². The van der Waals surface area contributed by atoms with Crippen molar-refractivity contribution in [2.75, 3.05) is 7.11 Å². The summed E-state index contributed by atoms with van der Waals surface area (Å²) < 4.78 is 7.25. The number of thiophene rings is 1. The highest BCUT2D eigenvalue weighted by atomic mass is 79.9. The minimum absolute atomic E-state index is 0.639. The highest BCUT2D eigenvalue weighted by Gasteiger charge is 2.11. The Labute approximate surface area is 93.6 Å². The van der Waals surface area contributed by atoms with Gasteiger partial charge in [-0.3, -0.25) is 4.79 Å². The molecule has 1 heterocycles. The van der Waals surface area contributed by atoms with E-state index in [9.17, 15) is 4.79 Å². The van der Waals surface area contributed by atoms with Gasteiger partial charge in [0.1, 0.15) is 10.6 Å². The molecule has 0 aliphatic carbocycles. The first kappa shape index (κ1) is 9.68. The Kier molecular flexibility index (Phi) is 2.56. The van der Waals surface area contributed by atoms with Gasteiger partial charge < -0.3 is 4.74 Å². The third kappa shape index (κ3) is 1.44. The van der Waals surface area contributed by atoms with E-state index in [1.54, 1.807) is 7.11 Å². The number of hydrogen-bond acceptors (Lipinski definition) is 3. The summed E-state index contributed by atoms with van der Waals surface area (Å²) in [6.45, 7) is 0. The van der Waals surface area contributed by atoms with Crippen LogP contribution in [-0.2, 0) is 0 Å². The fourth-order valence-electron chi connectivity index (χ4n) is 1.35. The van der Waals surface area contributed by atoms with E-state index in [4.69, 9.17) is 4.74 Å². The van der Waals surface area contributed by atoms with Crippen molar-refractivity contribution in [2.24, 2.45) is 0 Å². The van der Waals surface area contributed by atoms with E-state index in [0.29, 0.717) is 10.6 Å². The first-order valence-corrected chi connectivity index (χ1v) is 5.58. The predicted molar refractivity (Wildman–Crippen MR) is 61.5 cm³/mol. The molecule has 14 heavy (non-hydrogen) atoms. The zero-order valence-corrected chi connectivity index (χ0v) is 9.81. The molecule has 0 amide bonds. The van der Waals surface area contributed by atoms with Crippen molar-refractivity contribution in [3.8, 4) is 5.75 Å². The summed E-state index contributed by atoms with van der Waals surface area (Å²) >= 11 is 4.83. The normalized spacial score (nSPS) is 10.4. The molecule has 0 unspecified atom stereocenters. The number of hydrogen-bond donors (Lipinski definition) is 0. The fourth-order valence-corrected chi connectivity index (χ4v) is 2.68. The molecule has 2 aromatic rings. The molecule has 2 nitrogen and oxygen atoms in total. The molecule has 0 radical (unpaired) electrons. The predicted octanol–water partition coefficient (Wildman–Crippen LogP) is 3.48. The van der Waals surface area contributed by atoms with Gasteiger partial charge in [-0.05, 0) is 18.2 Å². The molecule has 1 aromatic heterocycles. The van der Waals surface area contributed by atoms with Crippen LogP contribution in [0.15, 0.2) is 22.7 Å². The molecule has 72 valence electrons. The average Bonchev–Trinajstić information content (AvgIpc) is 2.54. The molecular formula is C10H7BrO2S. The van der Waals surface area contributed by atoms with Gasteiger partial charge in [0.2, 0.25) is 0 Å². The summed E-state index contributed by atoms with van der Waals surface area (Å²) in [5.41, 5.74) is 0. The largest absolute Gasteiger partial charge is 0.494 e. The van der Waals surface area contributed by atoms with Gasteiger partial charge in [-0.1, -0.05) is 15.9 Å². The van der Waals surface area contributed by atoms with Gasteiger partial charge in [0.15, 0.2) is 6.29 Å². The van der Waals surface area contributed by atoms with Crippen molar-refractivity contribution in [3.05, 3.63) is 27.5 Å². The Balaban J connectivity index is 2.81. The number of halogens is 1. The Morgan fingerprint density at radius 1 is 1.50 bits per heavy atom. The molecule has 2 rings (SSSR count). The van der Waals surface area contributed by atoms with Crippen LogP contribution in [0.4, 0.5) is 0 Å². The molecule has 0 saturated heterocycles. The summed E-state index contributed by atoms with van der Waals surface area (Å²) in [6.07, 6.45) is 0.831. The molecule has 0 aliphatic rings. The van der Waals surface area contributed by atoms with Gasteiger partial charge in [-0.25, -0.2) is 0 Å². The lowest BCUT2D eigenvalue weighted by Crippen LogP contribution is -1.84. The lowest BCUT2D eigenvalue weighted by Gasteiger charge is -1.97. The third-order valence-electron chi connectivity index (χ3n) is 1.94. The standard InChI is InChI=1S/C10H7BrO2S/c1-13-10-7-4-6(11)2-3-8(7)14-9(10)5-12/h2-5H,1H3. The molecule has 0 atom stereocenters. The molecule has 1 aromatic carbocycles. The lowest BCUT2D eigenvalue weighted by molar-refractivity contribution is 0.112. The van der Waals surface area contributed by atoms with Gasteiger partial charge in [0.25, 0.3) is 0 Å². The molecule has 4 heteroatoms. The summed E-state index contributed by atoms with van der Waals surface area (Å²) in [4.78, 5) is 11.4. The Hall–Kier alpha value is -0.870. The van der Waals surface area contributed by atoms with Gasteiger partial charge >= 0.3 is 0 Å². The molecule has 0 bridgehead atoms. The van der Waals surface area contributed by atoms with Crippen molar-refractivity contribution < 1.29 is 9.53 Å². The Morgan fingerprint density at radius 3 is 2.93 bits per heavy atom. The summed E-state index contributed by atoms with van der Waals surface area (Å²) in [6, 6.07) is 5.88. The highest BCUT2D eigenvalue weighted by molar-refractivity contribution is 9.10. The molecule has 0 saturated carbocycles. The minimum Gasteiger partial charge on any atom is -0.494 e. The van der Waals surface area contributed by atoms with Crippen molar-refractivity contribution in [3.63, 3.8) is 0 Å². The van der Waals surface area contributed by atoms with Crippen LogP contribution in [0.2, 0.25) is 0 Å². The number of aldehydes is 1. The van der Waals surface area contributed by atoms with E-state index in [0.717, 1.165) is 20.8 Å². The van der Waals surface area contributed by atoms with E-state index in [1.807, 2.05) is 18.2 Å². The average molecular weight is 271 g/mol. The topological polar surface area (TPSA) is 26.3 Å². The Morgan fingerprint density at radius 2 is 2.29 bits per heavy atom. The molecule has 0 aliphatic heterocycles. The van der Waals surface area contributed by atoms with E-state index in [-0.39, 0.29) is 0 Å². The third-order valence-corrected chi connectivity index (χ3v) is 3.51. The number of fused-ring (bicyclic) bond motifs is 1. The first-order chi connectivity index (χ1) is 6.76. The second kappa shape index (κ2) is 3.71. The van der Waals surface area contributed by atoms with Crippen molar-refractivity contribution >= 4 is 43.6 Å². The van der Waals surface area contributed by atoms with E-state index in [2.05, 4.69) is 15.9 Å². The van der Waals surface area contributed by atoms with Crippen LogP contribution in [0.1, 0.15) is 9.67 Å². The quantitative estimate of drug-likeness (QED) is 0.781. The maximum atomic E-state index is 10.8. The summed E-state index contributed by atoms with van der Waals surface area (Å²) in [5, 5.41) is 0.981. The van der Waals surface area contributed by atoms with Gasteiger partial charge in [0, 0.05) is 14.6 Å². The smallest absolute Gasteiger partial charge is 0.163 e. The maximum absolute atomic E-state index is 10.8. The zero-order chi connectivity index (χ0) is 10.1. The van der Waals surface area contributed by atoms with Crippen LogP contribution >= 0.6 is 27.3 Å². The molecule has 0 spiro atoms. The second-order valence-electron chi connectivity index (χ2n) is 2.76. The SMILES string of the molecule is COc1c(C=O)sc2ccc(Br)cc12. The van der Waals surface area contributed by atoms with Crippen molar-refractivity contribution in [2.45, 2.75) is 0 Å². The number of carbonyl (C=O) groups excluding carboxylic acids is 1. The van der Waals surface area contributed by atoms with Crippen LogP contribution < -0.4 is 4.74 Å².